The van der Waals surface area contributed by atoms with Crippen LogP contribution in [0.3, 0.4) is 0 Å². The van der Waals surface area contributed by atoms with Gasteiger partial charge in [0.25, 0.3) is 0 Å². The lowest BCUT2D eigenvalue weighted by Crippen LogP contribution is -2.21. The van der Waals surface area contributed by atoms with Crippen molar-refractivity contribution in [2.24, 2.45) is 0 Å². The molecule has 2 aromatic rings. The molecule has 1 unspecified atom stereocenters. The number of fused-ring (bicyclic) bond motifs is 1. The molecule has 1 aromatic carbocycles. The van der Waals surface area contributed by atoms with Crippen molar-refractivity contribution < 1.29 is 4.74 Å². The van der Waals surface area contributed by atoms with Crippen molar-refractivity contribution in [3.05, 3.63) is 50.1 Å². The van der Waals surface area contributed by atoms with Crippen molar-refractivity contribution in [3.8, 4) is 5.75 Å². The summed E-state index contributed by atoms with van der Waals surface area (Å²) in [6, 6.07) is 8.10. The third-order valence-electron chi connectivity index (χ3n) is 3.24. The fraction of sp³-hybridized carbons (Fsp3) is 0.286. The number of rotatable bonds is 1. The van der Waals surface area contributed by atoms with Gasteiger partial charge >= 0.3 is 0 Å². The van der Waals surface area contributed by atoms with Gasteiger partial charge in [-0.2, -0.15) is 0 Å². The summed E-state index contributed by atoms with van der Waals surface area (Å²) in [5.41, 5.74) is 2.13. The van der Waals surface area contributed by atoms with Crippen LogP contribution in [0, 0.1) is 10.5 Å². The smallest absolute Gasteiger partial charge is 0.146 e. The number of ether oxygens (including phenoxy) is 1. The molecular formula is C14H12ClIN2O. The number of aryl methyl sites for hydroxylation is 1. The second kappa shape index (κ2) is 5.25. The first-order valence-corrected chi connectivity index (χ1v) is 7.51. The van der Waals surface area contributed by atoms with Gasteiger partial charge in [-0.25, -0.2) is 9.97 Å². The molecule has 3 nitrogen and oxygen atoms in total. The van der Waals surface area contributed by atoms with Crippen LogP contribution in [0.4, 0.5) is 0 Å². The minimum atomic E-state index is 0.170. The van der Waals surface area contributed by atoms with E-state index in [9.17, 15) is 0 Å². The monoisotopic (exact) mass is 386 g/mol. The second-order valence-electron chi connectivity index (χ2n) is 4.59. The predicted octanol–water partition coefficient (Wildman–Crippen LogP) is 3.76. The van der Waals surface area contributed by atoms with Crippen LogP contribution in [-0.2, 0) is 6.42 Å². The van der Waals surface area contributed by atoms with Crippen LogP contribution in [0.25, 0.3) is 0 Å². The topological polar surface area (TPSA) is 35.0 Å². The van der Waals surface area contributed by atoms with Gasteiger partial charge in [-0.1, -0.05) is 29.8 Å². The standard InChI is InChI=1S/C14H12ClIN2O/c1-8-12(16)13(15)18-14(17-8)10-6-9-4-2-3-5-11(9)19-7-10/h2-5,10H,6-7H2,1H3. The van der Waals surface area contributed by atoms with Gasteiger partial charge < -0.3 is 4.74 Å². The van der Waals surface area contributed by atoms with Crippen molar-refractivity contribution in [1.82, 2.24) is 9.97 Å². The summed E-state index contributed by atoms with van der Waals surface area (Å²) in [5, 5.41) is 0.530. The fourth-order valence-electron chi connectivity index (χ4n) is 2.22. The Kier molecular flexibility index (Phi) is 3.62. The molecule has 0 radical (unpaired) electrons. The minimum absolute atomic E-state index is 0.170. The molecule has 0 fully saturated rings. The molecule has 0 bridgehead atoms. The number of hydrogen-bond acceptors (Lipinski definition) is 3. The molecule has 0 saturated carbocycles. The first-order chi connectivity index (χ1) is 9.15. The molecule has 98 valence electrons. The Morgan fingerprint density at radius 3 is 2.89 bits per heavy atom. The molecule has 2 heterocycles. The van der Waals surface area contributed by atoms with Gasteiger partial charge in [0.2, 0.25) is 0 Å². The maximum absolute atomic E-state index is 6.14. The Bertz CT molecular complexity index is 610. The van der Waals surface area contributed by atoms with E-state index in [1.807, 2.05) is 25.1 Å². The van der Waals surface area contributed by atoms with Gasteiger partial charge in [0, 0.05) is 0 Å². The lowest BCUT2D eigenvalue weighted by atomic mass is 9.96. The molecule has 0 N–H and O–H groups in total. The summed E-state index contributed by atoms with van der Waals surface area (Å²) in [4.78, 5) is 8.94. The zero-order chi connectivity index (χ0) is 13.4. The van der Waals surface area contributed by atoms with Crippen LogP contribution in [0.2, 0.25) is 5.15 Å². The Morgan fingerprint density at radius 2 is 2.11 bits per heavy atom. The largest absolute Gasteiger partial charge is 0.493 e. The molecule has 5 heteroatoms. The van der Waals surface area contributed by atoms with Crippen molar-refractivity contribution in [2.45, 2.75) is 19.3 Å². The van der Waals surface area contributed by atoms with E-state index in [2.05, 4.69) is 38.6 Å². The van der Waals surface area contributed by atoms with Gasteiger partial charge in [-0.15, -0.1) is 0 Å². The zero-order valence-electron chi connectivity index (χ0n) is 10.4. The van der Waals surface area contributed by atoms with Crippen LogP contribution < -0.4 is 4.74 Å². The second-order valence-corrected chi connectivity index (χ2v) is 6.03. The average molecular weight is 387 g/mol. The highest BCUT2D eigenvalue weighted by molar-refractivity contribution is 14.1. The van der Waals surface area contributed by atoms with Crippen molar-refractivity contribution in [2.75, 3.05) is 6.61 Å². The summed E-state index contributed by atoms with van der Waals surface area (Å²) in [6.45, 7) is 2.56. The molecule has 19 heavy (non-hydrogen) atoms. The minimum Gasteiger partial charge on any atom is -0.493 e. The molecule has 0 aliphatic carbocycles. The van der Waals surface area contributed by atoms with Gasteiger partial charge in [-0.3, -0.25) is 0 Å². The normalized spacial score (nSPS) is 17.7. The van der Waals surface area contributed by atoms with E-state index in [4.69, 9.17) is 16.3 Å². The Labute approximate surface area is 130 Å². The highest BCUT2D eigenvalue weighted by Crippen LogP contribution is 2.32. The average Bonchev–Trinajstić information content (AvgIpc) is 2.43. The number of aromatic nitrogens is 2. The fourth-order valence-corrected chi connectivity index (χ4v) is 2.69. The third-order valence-corrected chi connectivity index (χ3v) is 5.12. The number of hydrogen-bond donors (Lipinski definition) is 0. The zero-order valence-corrected chi connectivity index (χ0v) is 13.3. The van der Waals surface area contributed by atoms with E-state index in [-0.39, 0.29) is 5.92 Å². The molecule has 0 saturated heterocycles. The van der Waals surface area contributed by atoms with E-state index in [1.165, 1.54) is 5.56 Å². The quantitative estimate of drug-likeness (QED) is 0.553. The summed E-state index contributed by atoms with van der Waals surface area (Å²) in [7, 11) is 0. The van der Waals surface area contributed by atoms with E-state index >= 15 is 0 Å². The molecule has 1 aromatic heterocycles. The van der Waals surface area contributed by atoms with Crippen LogP contribution in [0.5, 0.6) is 5.75 Å². The number of halogens is 2. The van der Waals surface area contributed by atoms with E-state index in [0.29, 0.717) is 11.8 Å². The highest BCUT2D eigenvalue weighted by Gasteiger charge is 2.24. The number of benzene rings is 1. The molecular weight excluding hydrogens is 375 g/mol. The van der Waals surface area contributed by atoms with Crippen LogP contribution in [0.1, 0.15) is 23.0 Å². The number of nitrogens with zero attached hydrogens (tertiary/aromatic N) is 2. The van der Waals surface area contributed by atoms with Crippen LogP contribution >= 0.6 is 34.2 Å². The Morgan fingerprint density at radius 1 is 1.32 bits per heavy atom. The summed E-state index contributed by atoms with van der Waals surface area (Å²) >= 11 is 8.31. The molecule has 0 spiro atoms. The number of para-hydroxylation sites is 1. The Hall–Kier alpha value is -0.880. The highest BCUT2D eigenvalue weighted by atomic mass is 127. The van der Waals surface area contributed by atoms with Crippen LogP contribution in [0.15, 0.2) is 24.3 Å². The summed E-state index contributed by atoms with van der Waals surface area (Å²) in [6.07, 6.45) is 0.895. The lowest BCUT2D eigenvalue weighted by molar-refractivity contribution is 0.257. The molecule has 3 rings (SSSR count). The van der Waals surface area contributed by atoms with Crippen molar-refractivity contribution in [1.29, 1.82) is 0 Å². The van der Waals surface area contributed by atoms with E-state index in [1.54, 1.807) is 0 Å². The predicted molar refractivity (Wildman–Crippen MR) is 82.9 cm³/mol. The summed E-state index contributed by atoms with van der Waals surface area (Å²) in [5.74, 6) is 1.91. The molecule has 1 aliphatic rings. The van der Waals surface area contributed by atoms with Gasteiger partial charge in [0.1, 0.15) is 16.7 Å². The van der Waals surface area contributed by atoms with Crippen molar-refractivity contribution in [3.63, 3.8) is 0 Å². The van der Waals surface area contributed by atoms with Crippen LogP contribution in [-0.4, -0.2) is 16.6 Å². The molecule has 1 atom stereocenters. The summed E-state index contributed by atoms with van der Waals surface area (Å²) < 4.78 is 6.69. The molecule has 0 amide bonds. The lowest BCUT2D eigenvalue weighted by Gasteiger charge is -2.24. The van der Waals surface area contributed by atoms with Gasteiger partial charge in [-0.05, 0) is 47.6 Å². The first-order valence-electron chi connectivity index (χ1n) is 6.05. The van der Waals surface area contributed by atoms with E-state index in [0.717, 1.165) is 27.3 Å². The SMILES string of the molecule is Cc1nc(C2COc3ccccc3C2)nc(Cl)c1I. The molecule has 1 aliphatic heterocycles. The van der Waals surface area contributed by atoms with E-state index < -0.39 is 0 Å². The van der Waals surface area contributed by atoms with Crippen molar-refractivity contribution >= 4 is 34.2 Å². The first kappa shape index (κ1) is 13.1. The van der Waals surface area contributed by atoms with Gasteiger partial charge in [0.15, 0.2) is 0 Å². The van der Waals surface area contributed by atoms with Gasteiger partial charge in [0.05, 0.1) is 21.8 Å². The maximum Gasteiger partial charge on any atom is 0.146 e. The maximum atomic E-state index is 6.14. The Balaban J connectivity index is 1.93. The third kappa shape index (κ3) is 2.56.